The molecule has 2 atom stereocenters. The fraction of sp³-hybridized carbons (Fsp3) is 0.500. The van der Waals surface area contributed by atoms with Crippen LogP contribution in [0, 0.1) is 5.92 Å². The summed E-state index contributed by atoms with van der Waals surface area (Å²) in [7, 11) is -3.50. The Morgan fingerprint density at radius 2 is 2.11 bits per heavy atom. The Morgan fingerprint density at radius 3 is 2.68 bits per heavy atom. The topological polar surface area (TPSA) is 63.4 Å². The van der Waals surface area contributed by atoms with Crippen molar-refractivity contribution in [3.05, 3.63) is 27.7 Å². The quantitative estimate of drug-likeness (QED) is 0.873. The van der Waals surface area contributed by atoms with Crippen LogP contribution < -0.4 is 5.73 Å². The zero-order valence-corrected chi connectivity index (χ0v) is 13.7. The molecule has 7 heteroatoms. The van der Waals surface area contributed by atoms with Gasteiger partial charge in [0.25, 0.3) is 0 Å². The lowest BCUT2D eigenvalue weighted by Gasteiger charge is -2.33. The van der Waals surface area contributed by atoms with Crippen molar-refractivity contribution in [2.75, 3.05) is 13.1 Å². The predicted octanol–water partition coefficient (Wildman–Crippen LogP) is 2.46. The van der Waals surface area contributed by atoms with E-state index in [1.165, 1.54) is 16.4 Å². The molecule has 0 saturated carbocycles. The Morgan fingerprint density at radius 1 is 1.42 bits per heavy atom. The van der Waals surface area contributed by atoms with Gasteiger partial charge in [-0.3, -0.25) is 0 Å². The third-order valence-electron chi connectivity index (χ3n) is 3.19. The third kappa shape index (κ3) is 3.31. The molecule has 1 aromatic rings. The molecule has 0 radical (unpaired) electrons. The minimum atomic E-state index is -3.50. The number of hydrogen-bond donors (Lipinski definition) is 1. The molecule has 0 spiro atoms. The monoisotopic (exact) mass is 366 g/mol. The number of nitrogens with two attached hydrogens (primary N) is 1. The minimum Gasteiger partial charge on any atom is -0.326 e. The van der Waals surface area contributed by atoms with Crippen LogP contribution in [0.3, 0.4) is 0 Å². The van der Waals surface area contributed by atoms with E-state index in [1.54, 1.807) is 6.07 Å². The Balaban J connectivity index is 2.33. The molecule has 0 amide bonds. The standard InChI is InChI=1S/C12H16BrClN2O2S/c1-8-4-9(15)7-16(6-8)19(17,18)10-2-3-12(14)11(13)5-10/h2-3,5,8-9H,4,6-7,15H2,1H3. The molecule has 1 saturated heterocycles. The number of piperidine rings is 1. The summed E-state index contributed by atoms with van der Waals surface area (Å²) in [4.78, 5) is 0.241. The number of rotatable bonds is 2. The van der Waals surface area contributed by atoms with Crippen LogP contribution in [0.4, 0.5) is 0 Å². The van der Waals surface area contributed by atoms with E-state index in [0.717, 1.165) is 6.42 Å². The van der Waals surface area contributed by atoms with Crippen molar-refractivity contribution in [1.29, 1.82) is 0 Å². The zero-order chi connectivity index (χ0) is 14.2. The van der Waals surface area contributed by atoms with Gasteiger partial charge < -0.3 is 5.73 Å². The maximum atomic E-state index is 12.5. The lowest BCUT2D eigenvalue weighted by molar-refractivity contribution is 0.254. The first-order chi connectivity index (χ1) is 8.80. The average molecular weight is 368 g/mol. The van der Waals surface area contributed by atoms with Gasteiger partial charge in [-0.15, -0.1) is 0 Å². The van der Waals surface area contributed by atoms with Crippen LogP contribution in [0.1, 0.15) is 13.3 Å². The molecule has 0 bridgehead atoms. The van der Waals surface area contributed by atoms with Crippen LogP contribution in [0.2, 0.25) is 5.02 Å². The van der Waals surface area contributed by atoms with Crippen LogP contribution >= 0.6 is 27.5 Å². The van der Waals surface area contributed by atoms with E-state index in [0.29, 0.717) is 22.6 Å². The van der Waals surface area contributed by atoms with E-state index in [4.69, 9.17) is 17.3 Å². The largest absolute Gasteiger partial charge is 0.326 e. The molecule has 0 aliphatic carbocycles. The Hall–Kier alpha value is -0.140. The highest BCUT2D eigenvalue weighted by Crippen LogP contribution is 2.28. The molecule has 2 N–H and O–H groups in total. The molecule has 1 aromatic carbocycles. The Kier molecular flexibility index (Phi) is 4.57. The zero-order valence-electron chi connectivity index (χ0n) is 10.5. The second-order valence-electron chi connectivity index (χ2n) is 5.00. The molecule has 1 aliphatic rings. The molecule has 2 unspecified atom stereocenters. The van der Waals surface area contributed by atoms with E-state index in [1.807, 2.05) is 6.92 Å². The second kappa shape index (κ2) is 5.69. The Bertz CT molecular complexity index is 569. The van der Waals surface area contributed by atoms with Crippen molar-refractivity contribution < 1.29 is 8.42 Å². The van der Waals surface area contributed by atoms with Crippen molar-refractivity contribution in [1.82, 2.24) is 4.31 Å². The fourth-order valence-corrected chi connectivity index (χ4v) is 4.62. The molecule has 4 nitrogen and oxygen atoms in total. The first-order valence-corrected chi connectivity index (χ1v) is 8.62. The van der Waals surface area contributed by atoms with Gasteiger partial charge in [0.1, 0.15) is 0 Å². The summed E-state index contributed by atoms with van der Waals surface area (Å²) < 4.78 is 27.1. The van der Waals surface area contributed by atoms with Gasteiger partial charge in [-0.1, -0.05) is 18.5 Å². The highest BCUT2D eigenvalue weighted by Gasteiger charge is 2.32. The normalized spacial score (nSPS) is 25.5. The molecule has 1 fully saturated rings. The first-order valence-electron chi connectivity index (χ1n) is 6.01. The minimum absolute atomic E-state index is 0.103. The fourth-order valence-electron chi connectivity index (χ4n) is 2.33. The summed E-state index contributed by atoms with van der Waals surface area (Å²) >= 11 is 9.13. The Labute approximate surface area is 127 Å². The molecule has 0 aromatic heterocycles. The molecule has 19 heavy (non-hydrogen) atoms. The van der Waals surface area contributed by atoms with Gasteiger partial charge in [0.15, 0.2) is 0 Å². The lowest BCUT2D eigenvalue weighted by atomic mass is 9.99. The van der Waals surface area contributed by atoms with Gasteiger partial charge in [0.05, 0.1) is 9.92 Å². The van der Waals surface area contributed by atoms with Crippen molar-refractivity contribution >= 4 is 37.6 Å². The predicted molar refractivity (Wildman–Crippen MR) is 79.7 cm³/mol. The smallest absolute Gasteiger partial charge is 0.243 e. The highest BCUT2D eigenvalue weighted by atomic mass is 79.9. The summed E-state index contributed by atoms with van der Waals surface area (Å²) in [6, 6.07) is 4.52. The van der Waals surface area contributed by atoms with E-state index < -0.39 is 10.0 Å². The molecule has 1 heterocycles. The maximum Gasteiger partial charge on any atom is 0.243 e. The van der Waals surface area contributed by atoms with Crippen molar-refractivity contribution in [2.24, 2.45) is 11.7 Å². The second-order valence-corrected chi connectivity index (χ2v) is 8.20. The maximum absolute atomic E-state index is 12.5. The molecule has 106 valence electrons. The van der Waals surface area contributed by atoms with Gasteiger partial charge in [0.2, 0.25) is 10.0 Å². The summed E-state index contributed by atoms with van der Waals surface area (Å²) in [6.07, 6.45) is 0.857. The SMILES string of the molecule is CC1CC(N)CN(S(=O)(=O)c2ccc(Cl)c(Br)c2)C1. The van der Waals surface area contributed by atoms with Crippen LogP contribution in [0.15, 0.2) is 27.6 Å². The molecule has 2 rings (SSSR count). The van der Waals surface area contributed by atoms with Crippen molar-refractivity contribution in [3.63, 3.8) is 0 Å². The van der Waals surface area contributed by atoms with Crippen molar-refractivity contribution in [2.45, 2.75) is 24.3 Å². The summed E-state index contributed by atoms with van der Waals surface area (Å²) in [6.45, 7) is 2.89. The molecular formula is C12H16BrClN2O2S. The van der Waals surface area contributed by atoms with Crippen LogP contribution in [-0.2, 0) is 10.0 Å². The van der Waals surface area contributed by atoms with Gasteiger partial charge in [-0.05, 0) is 46.5 Å². The van der Waals surface area contributed by atoms with Crippen LogP contribution in [0.25, 0.3) is 0 Å². The van der Waals surface area contributed by atoms with E-state index in [-0.39, 0.29) is 16.9 Å². The van der Waals surface area contributed by atoms with Gasteiger partial charge in [0, 0.05) is 23.6 Å². The van der Waals surface area contributed by atoms with Gasteiger partial charge >= 0.3 is 0 Å². The first kappa shape index (κ1) is 15.3. The van der Waals surface area contributed by atoms with Crippen LogP contribution in [-0.4, -0.2) is 31.9 Å². The molecular weight excluding hydrogens is 352 g/mol. The van der Waals surface area contributed by atoms with Gasteiger partial charge in [-0.2, -0.15) is 4.31 Å². The molecule has 1 aliphatic heterocycles. The summed E-state index contributed by atoms with van der Waals surface area (Å²) in [5, 5.41) is 0.489. The third-order valence-corrected chi connectivity index (χ3v) is 6.23. The number of nitrogens with zero attached hydrogens (tertiary/aromatic N) is 1. The summed E-state index contributed by atoms with van der Waals surface area (Å²) in [5.41, 5.74) is 5.91. The highest BCUT2D eigenvalue weighted by molar-refractivity contribution is 9.10. The van der Waals surface area contributed by atoms with Crippen molar-refractivity contribution in [3.8, 4) is 0 Å². The number of hydrogen-bond acceptors (Lipinski definition) is 3. The van der Waals surface area contributed by atoms with E-state index in [2.05, 4.69) is 15.9 Å². The van der Waals surface area contributed by atoms with E-state index >= 15 is 0 Å². The average Bonchev–Trinajstić information content (AvgIpc) is 2.31. The number of benzene rings is 1. The van der Waals surface area contributed by atoms with Crippen LogP contribution in [0.5, 0.6) is 0 Å². The lowest BCUT2D eigenvalue weighted by Crippen LogP contribution is -2.48. The van der Waals surface area contributed by atoms with Gasteiger partial charge in [-0.25, -0.2) is 8.42 Å². The summed E-state index contributed by atoms with van der Waals surface area (Å²) in [5.74, 6) is 0.272. The number of halogens is 2. The van der Waals surface area contributed by atoms with E-state index in [9.17, 15) is 8.42 Å². The number of sulfonamides is 1.